The number of thioether (sulfide) groups is 1. The van der Waals surface area contributed by atoms with Gasteiger partial charge >= 0.3 is 12.1 Å². The minimum absolute atomic E-state index is 0.0660. The lowest BCUT2D eigenvalue weighted by molar-refractivity contribution is -0.145. The van der Waals surface area contributed by atoms with E-state index < -0.39 is 18.0 Å². The summed E-state index contributed by atoms with van der Waals surface area (Å²) in [6.45, 7) is 2.38. The standard InChI is InChI=1S/C11H14F3N3O2S/c1-3-4-15-7-5-8(20-6-9(18)19-2)17-10(16-7)11(12,13)14/h5H,3-4,6H2,1-2H3,(H,15,16,17). The van der Waals surface area contributed by atoms with Crippen LogP contribution in [0.4, 0.5) is 19.0 Å². The van der Waals surface area contributed by atoms with Crippen molar-refractivity contribution in [1.29, 1.82) is 0 Å². The molecule has 0 bridgehead atoms. The number of aromatic nitrogens is 2. The fraction of sp³-hybridized carbons (Fsp3) is 0.545. The number of hydrogen-bond acceptors (Lipinski definition) is 6. The van der Waals surface area contributed by atoms with Crippen molar-refractivity contribution in [2.24, 2.45) is 0 Å². The van der Waals surface area contributed by atoms with Crippen LogP contribution in [0.5, 0.6) is 0 Å². The molecule has 20 heavy (non-hydrogen) atoms. The second-order valence-corrected chi connectivity index (χ2v) is 4.70. The number of carbonyl (C=O) groups excluding carboxylic acids is 1. The van der Waals surface area contributed by atoms with Gasteiger partial charge in [0.1, 0.15) is 10.8 Å². The Bertz CT molecular complexity index is 469. The van der Waals surface area contributed by atoms with Crippen molar-refractivity contribution >= 4 is 23.5 Å². The summed E-state index contributed by atoms with van der Waals surface area (Å²) in [6.07, 6.45) is -3.89. The largest absolute Gasteiger partial charge is 0.468 e. The van der Waals surface area contributed by atoms with Gasteiger partial charge in [-0.3, -0.25) is 4.79 Å². The van der Waals surface area contributed by atoms with E-state index in [9.17, 15) is 18.0 Å². The highest BCUT2D eigenvalue weighted by molar-refractivity contribution is 7.99. The van der Waals surface area contributed by atoms with Gasteiger partial charge in [0.25, 0.3) is 0 Å². The first-order valence-corrected chi connectivity index (χ1v) is 6.75. The van der Waals surface area contributed by atoms with Gasteiger partial charge in [0.15, 0.2) is 0 Å². The topological polar surface area (TPSA) is 64.1 Å². The molecule has 112 valence electrons. The van der Waals surface area contributed by atoms with Crippen molar-refractivity contribution in [3.63, 3.8) is 0 Å². The summed E-state index contributed by atoms with van der Waals surface area (Å²) >= 11 is 0.865. The number of alkyl halides is 3. The highest BCUT2D eigenvalue weighted by Crippen LogP contribution is 2.29. The number of halogens is 3. The summed E-state index contributed by atoms with van der Waals surface area (Å²) in [6, 6.07) is 1.37. The fourth-order valence-corrected chi connectivity index (χ4v) is 1.89. The SMILES string of the molecule is CCCNc1cc(SCC(=O)OC)nc(C(F)(F)F)n1. The molecular formula is C11H14F3N3O2S. The minimum Gasteiger partial charge on any atom is -0.468 e. The number of rotatable bonds is 6. The number of methoxy groups -OCH3 is 1. The van der Waals surface area contributed by atoms with Crippen molar-refractivity contribution in [2.75, 3.05) is 24.7 Å². The molecule has 0 unspecified atom stereocenters. The molecular weight excluding hydrogens is 295 g/mol. The summed E-state index contributed by atoms with van der Waals surface area (Å²) in [7, 11) is 1.21. The Hall–Kier alpha value is -1.51. The summed E-state index contributed by atoms with van der Waals surface area (Å²) < 4.78 is 42.5. The number of nitrogens with zero attached hydrogens (tertiary/aromatic N) is 2. The lowest BCUT2D eigenvalue weighted by atomic mass is 10.4. The number of nitrogens with one attached hydrogen (secondary N) is 1. The maximum absolute atomic E-state index is 12.7. The first-order chi connectivity index (χ1) is 9.36. The first-order valence-electron chi connectivity index (χ1n) is 5.76. The molecule has 1 N–H and O–H groups in total. The van der Waals surface area contributed by atoms with Crippen LogP contribution in [0.1, 0.15) is 19.2 Å². The molecule has 1 aromatic heterocycles. The van der Waals surface area contributed by atoms with Crippen LogP contribution < -0.4 is 5.32 Å². The van der Waals surface area contributed by atoms with Gasteiger partial charge in [-0.25, -0.2) is 9.97 Å². The van der Waals surface area contributed by atoms with Crippen molar-refractivity contribution in [1.82, 2.24) is 9.97 Å². The maximum atomic E-state index is 12.7. The van der Waals surface area contributed by atoms with Gasteiger partial charge in [-0.05, 0) is 6.42 Å². The van der Waals surface area contributed by atoms with Gasteiger partial charge in [-0.2, -0.15) is 13.2 Å². The zero-order chi connectivity index (χ0) is 15.2. The molecule has 0 amide bonds. The molecule has 1 heterocycles. The number of esters is 1. The number of hydrogen-bond donors (Lipinski definition) is 1. The van der Waals surface area contributed by atoms with E-state index >= 15 is 0 Å². The summed E-state index contributed by atoms with van der Waals surface area (Å²) in [5.74, 6) is -1.80. The van der Waals surface area contributed by atoms with E-state index in [-0.39, 0.29) is 16.6 Å². The monoisotopic (exact) mass is 309 g/mol. The van der Waals surface area contributed by atoms with Crippen LogP contribution in [-0.4, -0.2) is 35.3 Å². The molecule has 0 saturated heterocycles. The third-order valence-corrected chi connectivity index (χ3v) is 2.96. The second-order valence-electron chi connectivity index (χ2n) is 3.70. The molecule has 9 heteroatoms. The molecule has 1 aromatic rings. The van der Waals surface area contributed by atoms with Gasteiger partial charge in [-0.15, -0.1) is 0 Å². The van der Waals surface area contributed by atoms with Gasteiger partial charge in [-0.1, -0.05) is 18.7 Å². The van der Waals surface area contributed by atoms with Crippen molar-refractivity contribution in [2.45, 2.75) is 24.5 Å². The normalized spacial score (nSPS) is 11.2. The quantitative estimate of drug-likeness (QED) is 0.495. The van der Waals surface area contributed by atoms with Crippen molar-refractivity contribution < 1.29 is 22.7 Å². The predicted octanol–water partition coefficient (Wildman–Crippen LogP) is 2.58. The smallest absolute Gasteiger partial charge is 0.451 e. The molecule has 0 aromatic carbocycles. The average Bonchev–Trinajstić information content (AvgIpc) is 2.41. The molecule has 0 aliphatic rings. The Morgan fingerprint density at radius 1 is 1.45 bits per heavy atom. The van der Waals surface area contributed by atoms with Crippen molar-refractivity contribution in [3.8, 4) is 0 Å². The highest BCUT2D eigenvalue weighted by Gasteiger charge is 2.35. The first kappa shape index (κ1) is 16.5. The Morgan fingerprint density at radius 2 is 2.15 bits per heavy atom. The molecule has 0 radical (unpaired) electrons. The fourth-order valence-electron chi connectivity index (χ4n) is 1.16. The lowest BCUT2D eigenvalue weighted by Gasteiger charge is -2.10. The molecule has 1 rings (SSSR count). The number of anilines is 1. The molecule has 0 fully saturated rings. The van der Waals surface area contributed by atoms with Gasteiger partial charge < -0.3 is 10.1 Å². The van der Waals surface area contributed by atoms with E-state index in [2.05, 4.69) is 20.0 Å². The van der Waals surface area contributed by atoms with Crippen LogP contribution in [-0.2, 0) is 15.7 Å². The summed E-state index contributed by atoms with van der Waals surface area (Å²) in [5.41, 5.74) is 0. The van der Waals surface area contributed by atoms with E-state index in [0.717, 1.165) is 18.2 Å². The zero-order valence-electron chi connectivity index (χ0n) is 11.0. The lowest BCUT2D eigenvalue weighted by Crippen LogP contribution is -2.14. The van der Waals surface area contributed by atoms with Crippen LogP contribution in [0.2, 0.25) is 0 Å². The molecule has 0 spiro atoms. The van der Waals surface area contributed by atoms with E-state index in [0.29, 0.717) is 6.54 Å². The van der Waals surface area contributed by atoms with E-state index in [1.165, 1.54) is 13.2 Å². The number of carbonyl (C=O) groups is 1. The molecule has 0 aliphatic carbocycles. The van der Waals surface area contributed by atoms with Crippen LogP contribution in [0, 0.1) is 0 Å². The van der Waals surface area contributed by atoms with Gasteiger partial charge in [0.05, 0.1) is 12.9 Å². The molecule has 0 saturated carbocycles. The molecule has 0 atom stereocenters. The summed E-state index contributed by atoms with van der Waals surface area (Å²) in [4.78, 5) is 17.8. The highest BCUT2D eigenvalue weighted by atomic mass is 32.2. The Kier molecular flexibility index (Phi) is 6.05. The van der Waals surface area contributed by atoms with Crippen LogP contribution in [0.15, 0.2) is 11.1 Å². The third kappa shape index (κ3) is 5.24. The molecule has 0 aliphatic heterocycles. The second kappa shape index (κ2) is 7.32. The van der Waals surface area contributed by atoms with Gasteiger partial charge in [0, 0.05) is 12.6 Å². The maximum Gasteiger partial charge on any atom is 0.451 e. The van der Waals surface area contributed by atoms with Crippen LogP contribution >= 0.6 is 11.8 Å². The van der Waals surface area contributed by atoms with E-state index in [1.54, 1.807) is 0 Å². The Balaban J connectivity index is 2.94. The van der Waals surface area contributed by atoms with Crippen LogP contribution in [0.3, 0.4) is 0 Å². The number of ether oxygens (including phenoxy) is 1. The Morgan fingerprint density at radius 3 is 2.70 bits per heavy atom. The predicted molar refractivity (Wildman–Crippen MR) is 68.6 cm³/mol. The van der Waals surface area contributed by atoms with E-state index in [4.69, 9.17) is 0 Å². The molecule has 5 nitrogen and oxygen atoms in total. The Labute approximate surface area is 118 Å². The zero-order valence-corrected chi connectivity index (χ0v) is 11.8. The average molecular weight is 309 g/mol. The van der Waals surface area contributed by atoms with Crippen LogP contribution in [0.25, 0.3) is 0 Å². The summed E-state index contributed by atoms with van der Waals surface area (Å²) in [5, 5.41) is 2.83. The van der Waals surface area contributed by atoms with Gasteiger partial charge in [0.2, 0.25) is 5.82 Å². The van der Waals surface area contributed by atoms with E-state index in [1.807, 2.05) is 6.92 Å². The van der Waals surface area contributed by atoms with Crippen molar-refractivity contribution in [3.05, 3.63) is 11.9 Å². The third-order valence-electron chi connectivity index (χ3n) is 2.08. The minimum atomic E-state index is -4.63.